The number of anilines is 1. The third-order valence-corrected chi connectivity index (χ3v) is 5.28. The lowest BCUT2D eigenvalue weighted by Crippen LogP contribution is -2.44. The van der Waals surface area contributed by atoms with Crippen molar-refractivity contribution in [2.45, 2.75) is 32.2 Å². The molecule has 3 amide bonds. The third-order valence-electron chi connectivity index (χ3n) is 5.28. The quantitative estimate of drug-likeness (QED) is 0.623. The van der Waals surface area contributed by atoms with Crippen LogP contribution in [0.2, 0.25) is 0 Å². The lowest BCUT2D eigenvalue weighted by atomic mass is 10.1. The van der Waals surface area contributed by atoms with E-state index in [-0.39, 0.29) is 11.1 Å². The number of ether oxygens (including phenoxy) is 1. The average Bonchev–Trinajstić information content (AvgIpc) is 3.28. The highest BCUT2D eigenvalue weighted by atomic mass is 16.5. The highest BCUT2D eigenvalue weighted by molar-refractivity contribution is 6.22. The topological polar surface area (TPSA) is 92.8 Å². The van der Waals surface area contributed by atoms with Crippen molar-refractivity contribution < 1.29 is 23.9 Å². The molecule has 2 aliphatic rings. The fraction of sp³-hybridized carbons (Fsp3) is 0.273. The maximum Gasteiger partial charge on any atom is 0.329 e. The van der Waals surface area contributed by atoms with Crippen LogP contribution >= 0.6 is 0 Å². The number of rotatable bonds is 5. The second-order valence-corrected chi connectivity index (χ2v) is 7.19. The number of esters is 1. The van der Waals surface area contributed by atoms with E-state index in [1.165, 1.54) is 30.2 Å². The number of nitrogens with one attached hydrogen (secondary N) is 1. The molecule has 2 aromatic rings. The summed E-state index contributed by atoms with van der Waals surface area (Å²) in [6.45, 7) is 0.909. The van der Waals surface area contributed by atoms with Gasteiger partial charge >= 0.3 is 5.97 Å². The Morgan fingerprint density at radius 1 is 1.03 bits per heavy atom. The second-order valence-electron chi connectivity index (χ2n) is 7.19. The van der Waals surface area contributed by atoms with Gasteiger partial charge in [-0.1, -0.05) is 18.2 Å². The molecule has 7 nitrogen and oxygen atoms in total. The number of aryl methyl sites for hydroxylation is 2. The van der Waals surface area contributed by atoms with Crippen molar-refractivity contribution in [1.82, 2.24) is 4.90 Å². The van der Waals surface area contributed by atoms with Crippen molar-refractivity contribution in [3.8, 4) is 0 Å². The Kier molecular flexibility index (Phi) is 4.88. The van der Waals surface area contributed by atoms with Crippen LogP contribution in [0, 0.1) is 0 Å². The minimum atomic E-state index is -1.13. The number of fused-ring (bicyclic) bond motifs is 2. The van der Waals surface area contributed by atoms with E-state index in [0.29, 0.717) is 5.69 Å². The van der Waals surface area contributed by atoms with Gasteiger partial charge in [-0.2, -0.15) is 0 Å². The van der Waals surface area contributed by atoms with Crippen LogP contribution in [0.25, 0.3) is 0 Å². The number of hydrogen-bond donors (Lipinski definition) is 1. The molecule has 0 aromatic heterocycles. The predicted molar refractivity (Wildman–Crippen MR) is 104 cm³/mol. The van der Waals surface area contributed by atoms with Crippen molar-refractivity contribution in [2.75, 3.05) is 11.9 Å². The Morgan fingerprint density at radius 3 is 2.38 bits per heavy atom. The van der Waals surface area contributed by atoms with Crippen molar-refractivity contribution >= 4 is 29.4 Å². The van der Waals surface area contributed by atoms with E-state index in [2.05, 4.69) is 5.32 Å². The Bertz CT molecular complexity index is 995. The fourth-order valence-electron chi connectivity index (χ4n) is 3.77. The average molecular weight is 392 g/mol. The summed E-state index contributed by atoms with van der Waals surface area (Å²) in [6, 6.07) is 11.0. The molecule has 0 bridgehead atoms. The zero-order valence-electron chi connectivity index (χ0n) is 15.9. The molecule has 0 fully saturated rings. The number of carbonyl (C=O) groups excluding carboxylic acids is 4. The maximum atomic E-state index is 12.4. The number of hydrogen-bond acceptors (Lipinski definition) is 5. The SMILES string of the molecule is C[C@@H](C(=O)OCC(=O)Nc1ccc2c(c1)CCC2)N1C(=O)c2ccccc2C1=O. The minimum absolute atomic E-state index is 0.256. The van der Waals surface area contributed by atoms with Crippen molar-refractivity contribution in [2.24, 2.45) is 0 Å². The first-order valence-electron chi connectivity index (χ1n) is 9.51. The Morgan fingerprint density at radius 2 is 1.69 bits per heavy atom. The van der Waals surface area contributed by atoms with Crippen LogP contribution in [0.15, 0.2) is 42.5 Å². The summed E-state index contributed by atoms with van der Waals surface area (Å²) in [5.41, 5.74) is 3.68. The van der Waals surface area contributed by atoms with E-state index in [1.54, 1.807) is 12.1 Å². The van der Waals surface area contributed by atoms with Crippen LogP contribution < -0.4 is 5.32 Å². The zero-order chi connectivity index (χ0) is 20.5. The van der Waals surface area contributed by atoms with Gasteiger partial charge in [-0.15, -0.1) is 0 Å². The van der Waals surface area contributed by atoms with Gasteiger partial charge in [0, 0.05) is 5.69 Å². The zero-order valence-corrected chi connectivity index (χ0v) is 15.9. The molecular formula is C22H20N2O5. The van der Waals surface area contributed by atoms with Gasteiger partial charge in [0.2, 0.25) is 0 Å². The van der Waals surface area contributed by atoms with Crippen LogP contribution in [-0.2, 0) is 27.2 Å². The molecule has 7 heteroatoms. The first-order chi connectivity index (χ1) is 14.0. The molecule has 4 rings (SSSR count). The largest absolute Gasteiger partial charge is 0.454 e. The monoisotopic (exact) mass is 392 g/mol. The summed E-state index contributed by atoms with van der Waals surface area (Å²) < 4.78 is 5.04. The summed E-state index contributed by atoms with van der Waals surface area (Å²) in [7, 11) is 0. The van der Waals surface area contributed by atoms with Crippen LogP contribution in [0.3, 0.4) is 0 Å². The van der Waals surface area contributed by atoms with E-state index in [1.807, 2.05) is 18.2 Å². The summed E-state index contributed by atoms with van der Waals surface area (Å²) in [6.07, 6.45) is 3.16. The van der Waals surface area contributed by atoms with Gasteiger partial charge in [0.05, 0.1) is 11.1 Å². The second kappa shape index (κ2) is 7.50. The summed E-state index contributed by atoms with van der Waals surface area (Å²) in [4.78, 5) is 50.2. The fourth-order valence-corrected chi connectivity index (χ4v) is 3.77. The number of carbonyl (C=O) groups is 4. The molecular weight excluding hydrogens is 372 g/mol. The Balaban J connectivity index is 1.34. The van der Waals surface area contributed by atoms with Crippen molar-refractivity contribution in [1.29, 1.82) is 0 Å². The van der Waals surface area contributed by atoms with Gasteiger partial charge in [0.15, 0.2) is 6.61 Å². The molecule has 1 atom stereocenters. The van der Waals surface area contributed by atoms with Gasteiger partial charge in [0.1, 0.15) is 6.04 Å². The summed E-state index contributed by atoms with van der Waals surface area (Å²) in [5.74, 6) is -2.38. The maximum absolute atomic E-state index is 12.4. The first kappa shape index (κ1) is 18.9. The summed E-state index contributed by atoms with van der Waals surface area (Å²) >= 11 is 0. The van der Waals surface area contributed by atoms with Crippen LogP contribution in [0.4, 0.5) is 5.69 Å². The van der Waals surface area contributed by atoms with Crippen LogP contribution in [-0.4, -0.2) is 41.2 Å². The van der Waals surface area contributed by atoms with E-state index < -0.39 is 36.3 Å². The standard InChI is InChI=1S/C22H20N2O5/c1-13(24-20(26)17-7-2-3-8-18(17)21(24)27)22(28)29-12-19(25)23-16-10-9-14-5-4-6-15(14)11-16/h2-3,7-11,13H,4-6,12H2,1H3,(H,23,25)/t13-/m0/s1. The molecule has 1 aliphatic carbocycles. The van der Waals surface area contributed by atoms with E-state index >= 15 is 0 Å². The molecule has 29 heavy (non-hydrogen) atoms. The highest BCUT2D eigenvalue weighted by Gasteiger charge is 2.41. The third kappa shape index (κ3) is 3.51. The number of amides is 3. The van der Waals surface area contributed by atoms with E-state index in [0.717, 1.165) is 24.2 Å². The Hall–Kier alpha value is -3.48. The number of benzene rings is 2. The van der Waals surface area contributed by atoms with E-state index in [9.17, 15) is 19.2 Å². The smallest absolute Gasteiger partial charge is 0.329 e. The minimum Gasteiger partial charge on any atom is -0.454 e. The molecule has 0 saturated carbocycles. The van der Waals surface area contributed by atoms with Crippen LogP contribution in [0.5, 0.6) is 0 Å². The molecule has 0 saturated heterocycles. The van der Waals surface area contributed by atoms with Gasteiger partial charge < -0.3 is 10.1 Å². The molecule has 2 aromatic carbocycles. The summed E-state index contributed by atoms with van der Waals surface area (Å²) in [5, 5.41) is 2.70. The number of nitrogens with zero attached hydrogens (tertiary/aromatic N) is 1. The molecule has 1 heterocycles. The van der Waals surface area contributed by atoms with Crippen LogP contribution in [0.1, 0.15) is 45.2 Å². The molecule has 0 unspecified atom stereocenters. The van der Waals surface area contributed by atoms with Gasteiger partial charge in [0.25, 0.3) is 17.7 Å². The molecule has 0 radical (unpaired) electrons. The molecule has 0 spiro atoms. The van der Waals surface area contributed by atoms with E-state index in [4.69, 9.17) is 4.74 Å². The lowest BCUT2D eigenvalue weighted by molar-refractivity contribution is -0.150. The predicted octanol–water partition coefficient (Wildman–Crippen LogP) is 2.34. The van der Waals surface area contributed by atoms with Gasteiger partial charge in [-0.25, -0.2) is 4.79 Å². The van der Waals surface area contributed by atoms with Crippen molar-refractivity contribution in [3.63, 3.8) is 0 Å². The molecule has 1 aliphatic heterocycles. The molecule has 1 N–H and O–H groups in total. The highest BCUT2D eigenvalue weighted by Crippen LogP contribution is 2.26. The normalized spacial score (nSPS) is 15.7. The van der Waals surface area contributed by atoms with Gasteiger partial charge in [-0.3, -0.25) is 19.3 Å². The Labute approximate surface area is 167 Å². The number of imide groups is 1. The van der Waals surface area contributed by atoms with Gasteiger partial charge in [-0.05, 0) is 61.6 Å². The molecule has 148 valence electrons. The van der Waals surface area contributed by atoms with Crippen molar-refractivity contribution in [3.05, 3.63) is 64.7 Å². The lowest BCUT2D eigenvalue weighted by Gasteiger charge is -2.20. The first-order valence-corrected chi connectivity index (χ1v) is 9.51.